The van der Waals surface area contributed by atoms with Gasteiger partial charge < -0.3 is 15.5 Å². The number of nitrogens with one attached hydrogen (secondary N) is 1. The molecule has 0 amide bonds. The third kappa shape index (κ3) is 1.94. The Morgan fingerprint density at radius 2 is 2.11 bits per heavy atom. The van der Waals surface area contributed by atoms with Crippen LogP contribution < -0.4 is 5.73 Å². The lowest BCUT2D eigenvalue weighted by Gasteiger charge is -2.31. The van der Waals surface area contributed by atoms with Crippen molar-refractivity contribution in [1.29, 1.82) is 0 Å². The third-order valence-corrected chi connectivity index (χ3v) is 3.99. The van der Waals surface area contributed by atoms with Crippen molar-refractivity contribution in [3.8, 4) is 0 Å². The fourth-order valence-corrected chi connectivity index (χ4v) is 2.54. The molecule has 0 spiro atoms. The summed E-state index contributed by atoms with van der Waals surface area (Å²) in [4.78, 5) is 7.60. The van der Waals surface area contributed by atoms with Gasteiger partial charge in [0.05, 0.1) is 21.0 Å². The topological polar surface area (TPSA) is 63.9 Å². The standard InChI is InChI=1S/C12H13BrFN3O/c13-7-5-9-10(6-8(7)14)17-11(16-9)12(15)1-3-18-4-2-12/h5-6H,1-4,15H2,(H,16,17). The average molecular weight is 314 g/mol. The molecule has 3 rings (SSSR count). The Morgan fingerprint density at radius 1 is 1.39 bits per heavy atom. The van der Waals surface area contributed by atoms with Crippen LogP contribution in [0.1, 0.15) is 18.7 Å². The van der Waals surface area contributed by atoms with Crippen LogP contribution in [0.15, 0.2) is 16.6 Å². The maximum Gasteiger partial charge on any atom is 0.139 e. The van der Waals surface area contributed by atoms with E-state index in [0.717, 1.165) is 18.4 Å². The Balaban J connectivity index is 2.07. The van der Waals surface area contributed by atoms with Gasteiger partial charge in [0.1, 0.15) is 11.6 Å². The zero-order valence-electron chi connectivity index (χ0n) is 9.67. The molecule has 2 heterocycles. The van der Waals surface area contributed by atoms with E-state index >= 15 is 0 Å². The van der Waals surface area contributed by atoms with Gasteiger partial charge in [0, 0.05) is 19.3 Å². The molecule has 1 aromatic heterocycles. The minimum atomic E-state index is -0.500. The van der Waals surface area contributed by atoms with Crippen molar-refractivity contribution in [2.45, 2.75) is 18.4 Å². The van der Waals surface area contributed by atoms with E-state index in [1.807, 2.05) is 0 Å². The summed E-state index contributed by atoms with van der Waals surface area (Å²) in [5.74, 6) is 0.397. The minimum Gasteiger partial charge on any atom is -0.381 e. The quantitative estimate of drug-likeness (QED) is 0.850. The minimum absolute atomic E-state index is 0.309. The number of rotatable bonds is 1. The van der Waals surface area contributed by atoms with Crippen LogP contribution in [-0.4, -0.2) is 23.2 Å². The van der Waals surface area contributed by atoms with Crippen LogP contribution in [0.25, 0.3) is 11.0 Å². The molecule has 96 valence electrons. The molecule has 0 unspecified atom stereocenters. The normalized spacial score (nSPS) is 19.3. The van der Waals surface area contributed by atoms with Crippen LogP contribution in [0.4, 0.5) is 4.39 Å². The van der Waals surface area contributed by atoms with Crippen molar-refractivity contribution in [3.63, 3.8) is 0 Å². The molecule has 2 aromatic rings. The highest BCUT2D eigenvalue weighted by Gasteiger charge is 2.33. The Kier molecular flexibility index (Phi) is 2.88. The number of halogens is 2. The molecule has 4 nitrogen and oxygen atoms in total. The lowest BCUT2D eigenvalue weighted by Crippen LogP contribution is -2.43. The maximum atomic E-state index is 13.4. The van der Waals surface area contributed by atoms with Crippen LogP contribution in [0.3, 0.4) is 0 Å². The molecular formula is C12H13BrFN3O. The van der Waals surface area contributed by atoms with Crippen LogP contribution in [0.5, 0.6) is 0 Å². The number of fused-ring (bicyclic) bond motifs is 1. The van der Waals surface area contributed by atoms with E-state index in [2.05, 4.69) is 25.9 Å². The van der Waals surface area contributed by atoms with Crippen molar-refractivity contribution < 1.29 is 9.13 Å². The van der Waals surface area contributed by atoms with Crippen LogP contribution >= 0.6 is 15.9 Å². The number of aromatic nitrogens is 2. The number of ether oxygens (including phenoxy) is 1. The van der Waals surface area contributed by atoms with Gasteiger partial charge in [-0.1, -0.05) is 0 Å². The molecule has 0 saturated carbocycles. The first-order valence-electron chi connectivity index (χ1n) is 5.80. The van der Waals surface area contributed by atoms with Crippen LogP contribution in [-0.2, 0) is 10.3 Å². The van der Waals surface area contributed by atoms with Crippen molar-refractivity contribution >= 4 is 27.0 Å². The number of hydrogen-bond acceptors (Lipinski definition) is 3. The number of benzene rings is 1. The largest absolute Gasteiger partial charge is 0.381 e. The second kappa shape index (κ2) is 4.29. The summed E-state index contributed by atoms with van der Waals surface area (Å²) >= 11 is 3.15. The van der Waals surface area contributed by atoms with E-state index in [9.17, 15) is 4.39 Å². The van der Waals surface area contributed by atoms with Gasteiger partial charge in [0.2, 0.25) is 0 Å². The molecule has 18 heavy (non-hydrogen) atoms. The van der Waals surface area contributed by atoms with Crippen molar-refractivity contribution in [2.24, 2.45) is 5.73 Å². The molecule has 3 N–H and O–H groups in total. The number of H-pyrrole nitrogens is 1. The maximum absolute atomic E-state index is 13.4. The Labute approximate surface area is 112 Å². The van der Waals surface area contributed by atoms with Crippen molar-refractivity contribution in [3.05, 3.63) is 28.2 Å². The highest BCUT2D eigenvalue weighted by molar-refractivity contribution is 9.10. The monoisotopic (exact) mass is 313 g/mol. The van der Waals surface area contributed by atoms with Gasteiger partial charge in [-0.2, -0.15) is 0 Å². The predicted molar refractivity (Wildman–Crippen MR) is 69.7 cm³/mol. The fraction of sp³-hybridized carbons (Fsp3) is 0.417. The van der Waals surface area contributed by atoms with E-state index in [0.29, 0.717) is 29.0 Å². The zero-order valence-corrected chi connectivity index (χ0v) is 11.3. The Bertz CT molecular complexity index is 553. The van der Waals surface area contributed by atoms with E-state index in [1.165, 1.54) is 6.07 Å². The number of nitrogens with zero attached hydrogens (tertiary/aromatic N) is 1. The molecule has 1 aromatic carbocycles. The average Bonchev–Trinajstić information content (AvgIpc) is 2.74. The molecule has 0 bridgehead atoms. The van der Waals surface area contributed by atoms with Gasteiger partial charge in [-0.05, 0) is 34.8 Å². The number of imidazole rings is 1. The number of nitrogens with two attached hydrogens (primary N) is 1. The highest BCUT2D eigenvalue weighted by Crippen LogP contribution is 2.30. The molecule has 6 heteroatoms. The van der Waals surface area contributed by atoms with Gasteiger partial charge in [-0.3, -0.25) is 0 Å². The summed E-state index contributed by atoms with van der Waals surface area (Å²) in [6, 6.07) is 3.09. The second-order valence-electron chi connectivity index (χ2n) is 4.64. The van der Waals surface area contributed by atoms with Crippen LogP contribution in [0, 0.1) is 5.82 Å². The summed E-state index contributed by atoms with van der Waals surface area (Å²) in [7, 11) is 0. The van der Waals surface area contributed by atoms with Crippen LogP contribution in [0.2, 0.25) is 0 Å². The molecule has 1 aliphatic rings. The Hall–Kier alpha value is -0.980. The first-order chi connectivity index (χ1) is 8.58. The predicted octanol–water partition coefficient (Wildman–Crippen LogP) is 2.43. The molecular weight excluding hydrogens is 301 g/mol. The molecule has 0 atom stereocenters. The third-order valence-electron chi connectivity index (χ3n) is 3.38. The van der Waals surface area contributed by atoms with Gasteiger partial charge >= 0.3 is 0 Å². The van der Waals surface area contributed by atoms with Gasteiger partial charge in [-0.25, -0.2) is 9.37 Å². The van der Waals surface area contributed by atoms with Crippen molar-refractivity contribution in [1.82, 2.24) is 9.97 Å². The lowest BCUT2D eigenvalue weighted by atomic mass is 9.91. The lowest BCUT2D eigenvalue weighted by molar-refractivity contribution is 0.0496. The fourth-order valence-electron chi connectivity index (χ4n) is 2.21. The second-order valence-corrected chi connectivity index (χ2v) is 5.49. The van der Waals surface area contributed by atoms with E-state index in [4.69, 9.17) is 10.5 Å². The summed E-state index contributed by atoms with van der Waals surface area (Å²) in [6.45, 7) is 1.26. The Morgan fingerprint density at radius 3 is 2.83 bits per heavy atom. The molecule has 1 aliphatic heterocycles. The summed E-state index contributed by atoms with van der Waals surface area (Å²) in [5, 5.41) is 0. The highest BCUT2D eigenvalue weighted by atomic mass is 79.9. The number of aromatic amines is 1. The first kappa shape index (κ1) is 12.1. The molecule has 0 aliphatic carbocycles. The van der Waals surface area contributed by atoms with Crippen molar-refractivity contribution in [2.75, 3.05) is 13.2 Å². The molecule has 0 radical (unpaired) electrons. The summed E-state index contributed by atoms with van der Waals surface area (Å²) in [5.41, 5.74) is 7.23. The van der Waals surface area contributed by atoms with Gasteiger partial charge in [-0.15, -0.1) is 0 Å². The van der Waals surface area contributed by atoms with Gasteiger partial charge in [0.15, 0.2) is 0 Å². The smallest absolute Gasteiger partial charge is 0.139 e. The molecule has 1 fully saturated rings. The van der Waals surface area contributed by atoms with Gasteiger partial charge in [0.25, 0.3) is 0 Å². The first-order valence-corrected chi connectivity index (χ1v) is 6.60. The molecule has 1 saturated heterocycles. The number of hydrogen-bond donors (Lipinski definition) is 2. The van der Waals surface area contributed by atoms with E-state index in [1.54, 1.807) is 6.07 Å². The summed E-state index contributed by atoms with van der Waals surface area (Å²) < 4.78 is 19.2. The van der Waals surface area contributed by atoms with E-state index < -0.39 is 5.54 Å². The zero-order chi connectivity index (χ0) is 12.8. The SMILES string of the molecule is NC1(c2nc3cc(Br)c(F)cc3[nH]2)CCOCC1. The summed E-state index contributed by atoms with van der Waals surface area (Å²) in [6.07, 6.45) is 1.44. The van der Waals surface area contributed by atoms with E-state index in [-0.39, 0.29) is 5.82 Å².